The van der Waals surface area contributed by atoms with Gasteiger partial charge in [-0.05, 0) is 43.7 Å². The van der Waals surface area contributed by atoms with E-state index in [1.54, 1.807) is 19.3 Å². The molecule has 0 radical (unpaired) electrons. The molecule has 0 saturated heterocycles. The van der Waals surface area contributed by atoms with Gasteiger partial charge in [0.1, 0.15) is 11.6 Å². The monoisotopic (exact) mass is 312 g/mol. The average Bonchev–Trinajstić information content (AvgIpc) is 2.92. The van der Waals surface area contributed by atoms with E-state index >= 15 is 0 Å². The molecule has 0 spiro atoms. The van der Waals surface area contributed by atoms with E-state index in [0.717, 1.165) is 11.8 Å². The van der Waals surface area contributed by atoms with Gasteiger partial charge in [-0.3, -0.25) is 0 Å². The molecule has 1 atom stereocenters. The molecule has 0 bridgehead atoms. The molecule has 1 aromatic carbocycles. The van der Waals surface area contributed by atoms with Crippen LogP contribution in [0.4, 0.5) is 10.1 Å². The number of rotatable bonds is 6. The Kier molecular flexibility index (Phi) is 4.64. The molecule has 0 aliphatic heterocycles. The average molecular weight is 312 g/mol. The van der Waals surface area contributed by atoms with Crippen molar-refractivity contribution in [1.82, 2.24) is 4.72 Å². The number of halogens is 1. The number of furan rings is 1. The van der Waals surface area contributed by atoms with Gasteiger partial charge in [0, 0.05) is 12.5 Å². The first kappa shape index (κ1) is 15.5. The van der Waals surface area contributed by atoms with Crippen molar-refractivity contribution in [3.05, 3.63) is 48.2 Å². The minimum Gasteiger partial charge on any atom is -0.469 e. The summed E-state index contributed by atoms with van der Waals surface area (Å²) in [4.78, 5) is -0.140. The van der Waals surface area contributed by atoms with Crippen LogP contribution < -0.4 is 10.5 Å². The van der Waals surface area contributed by atoms with Crippen LogP contribution in [0.25, 0.3) is 0 Å². The lowest BCUT2D eigenvalue weighted by Gasteiger charge is -2.14. The third-order valence-electron chi connectivity index (χ3n) is 3.04. The zero-order chi connectivity index (χ0) is 15.5. The molecule has 0 aliphatic carbocycles. The van der Waals surface area contributed by atoms with Gasteiger partial charge in [-0.1, -0.05) is 0 Å². The number of anilines is 1. The van der Waals surface area contributed by atoms with Crippen LogP contribution in [0.5, 0.6) is 0 Å². The summed E-state index contributed by atoms with van der Waals surface area (Å²) in [5.74, 6) is 0.0423. The van der Waals surface area contributed by atoms with Crippen molar-refractivity contribution in [2.45, 2.75) is 30.7 Å². The summed E-state index contributed by atoms with van der Waals surface area (Å²) in [5.41, 5.74) is 5.25. The van der Waals surface area contributed by atoms with Crippen molar-refractivity contribution in [2.75, 3.05) is 5.73 Å². The smallest absolute Gasteiger partial charge is 0.240 e. The Hall–Kier alpha value is -1.86. The van der Waals surface area contributed by atoms with Crippen LogP contribution in [0.1, 0.15) is 19.1 Å². The summed E-state index contributed by atoms with van der Waals surface area (Å²) < 4.78 is 45.3. The highest BCUT2D eigenvalue weighted by Gasteiger charge is 2.18. The quantitative estimate of drug-likeness (QED) is 0.801. The predicted octanol–water partition coefficient (Wildman–Crippen LogP) is 2.30. The molecular weight excluding hydrogens is 295 g/mol. The maximum atomic E-state index is 13.4. The Morgan fingerprint density at radius 3 is 2.76 bits per heavy atom. The summed E-state index contributed by atoms with van der Waals surface area (Å²) >= 11 is 0. The predicted molar refractivity (Wildman–Crippen MR) is 77.6 cm³/mol. The van der Waals surface area contributed by atoms with E-state index in [9.17, 15) is 12.8 Å². The largest absolute Gasteiger partial charge is 0.469 e. The number of aryl methyl sites for hydroxylation is 1. The molecule has 1 unspecified atom stereocenters. The lowest BCUT2D eigenvalue weighted by Crippen LogP contribution is -2.33. The molecule has 7 heteroatoms. The Labute approximate surface area is 123 Å². The lowest BCUT2D eigenvalue weighted by molar-refractivity contribution is 0.480. The second-order valence-corrected chi connectivity index (χ2v) is 6.54. The molecule has 2 rings (SSSR count). The Bertz CT molecular complexity index is 699. The maximum absolute atomic E-state index is 13.4. The minimum atomic E-state index is -3.77. The highest BCUT2D eigenvalue weighted by Crippen LogP contribution is 2.17. The number of nitrogens with two attached hydrogens (primary N) is 1. The van der Waals surface area contributed by atoms with Crippen molar-refractivity contribution in [3.63, 3.8) is 0 Å². The van der Waals surface area contributed by atoms with Crippen LogP contribution in [0, 0.1) is 5.82 Å². The first-order valence-corrected chi connectivity index (χ1v) is 7.96. The van der Waals surface area contributed by atoms with E-state index in [4.69, 9.17) is 10.2 Å². The second-order valence-electron chi connectivity index (χ2n) is 4.82. The Morgan fingerprint density at radius 2 is 2.14 bits per heavy atom. The van der Waals surface area contributed by atoms with Crippen molar-refractivity contribution in [3.8, 4) is 0 Å². The Morgan fingerprint density at radius 1 is 1.38 bits per heavy atom. The van der Waals surface area contributed by atoms with Gasteiger partial charge in [0.05, 0.1) is 16.8 Å². The fourth-order valence-electron chi connectivity index (χ4n) is 1.88. The van der Waals surface area contributed by atoms with Crippen molar-refractivity contribution < 1.29 is 17.2 Å². The summed E-state index contributed by atoms with van der Waals surface area (Å²) in [5, 5.41) is 0. The molecule has 0 amide bonds. The highest BCUT2D eigenvalue weighted by molar-refractivity contribution is 7.89. The molecule has 0 saturated carbocycles. The van der Waals surface area contributed by atoms with E-state index in [1.807, 2.05) is 6.07 Å². The number of nitrogen functional groups attached to an aromatic ring is 1. The molecule has 3 N–H and O–H groups in total. The molecular formula is C14H17FN2O3S. The molecule has 1 heterocycles. The third kappa shape index (κ3) is 4.05. The third-order valence-corrected chi connectivity index (χ3v) is 4.63. The molecule has 2 aromatic rings. The van der Waals surface area contributed by atoms with E-state index in [1.165, 1.54) is 12.1 Å². The minimum absolute atomic E-state index is 0.0835. The lowest BCUT2D eigenvalue weighted by atomic mass is 10.2. The van der Waals surface area contributed by atoms with Crippen LogP contribution >= 0.6 is 0 Å². The molecule has 5 nitrogen and oxygen atoms in total. The van der Waals surface area contributed by atoms with Gasteiger partial charge >= 0.3 is 0 Å². The SMILES string of the molecule is CC(CCc1ccco1)NS(=O)(=O)c1ccc(N)c(F)c1. The van der Waals surface area contributed by atoms with Gasteiger partial charge < -0.3 is 10.2 Å². The molecule has 114 valence electrons. The van der Waals surface area contributed by atoms with E-state index < -0.39 is 15.8 Å². The summed E-state index contributed by atoms with van der Waals surface area (Å²) in [7, 11) is -3.77. The van der Waals surface area contributed by atoms with Gasteiger partial charge in [0.15, 0.2) is 0 Å². The van der Waals surface area contributed by atoms with Crippen LogP contribution in [-0.2, 0) is 16.4 Å². The Balaban J connectivity index is 2.01. The van der Waals surface area contributed by atoms with E-state index in [2.05, 4.69) is 4.72 Å². The standard InChI is InChI=1S/C14H17FN2O3S/c1-10(4-5-11-3-2-8-20-11)17-21(18,19)12-6-7-14(16)13(15)9-12/h2-3,6-10,17H,4-5,16H2,1H3. The van der Waals surface area contributed by atoms with E-state index in [0.29, 0.717) is 12.8 Å². The van der Waals surface area contributed by atoms with Gasteiger partial charge in [-0.2, -0.15) is 0 Å². The first-order valence-electron chi connectivity index (χ1n) is 6.48. The number of hydrogen-bond acceptors (Lipinski definition) is 4. The van der Waals surface area contributed by atoms with Gasteiger partial charge in [-0.15, -0.1) is 0 Å². The summed E-state index contributed by atoms with van der Waals surface area (Å²) in [6.45, 7) is 1.74. The van der Waals surface area contributed by atoms with Crippen LogP contribution in [0.3, 0.4) is 0 Å². The summed E-state index contributed by atoms with van der Waals surface area (Å²) in [6, 6.07) is 6.73. The topological polar surface area (TPSA) is 85.3 Å². The molecule has 21 heavy (non-hydrogen) atoms. The van der Waals surface area contributed by atoms with Crippen LogP contribution in [0.15, 0.2) is 45.9 Å². The first-order chi connectivity index (χ1) is 9.88. The van der Waals surface area contributed by atoms with Crippen molar-refractivity contribution >= 4 is 15.7 Å². The van der Waals surface area contributed by atoms with Crippen LogP contribution in [-0.4, -0.2) is 14.5 Å². The normalized spacial score (nSPS) is 13.2. The fraction of sp³-hybridized carbons (Fsp3) is 0.286. The molecule has 0 fully saturated rings. The molecule has 0 aliphatic rings. The van der Waals surface area contributed by atoms with Gasteiger partial charge in [0.2, 0.25) is 10.0 Å². The van der Waals surface area contributed by atoms with Crippen molar-refractivity contribution in [2.24, 2.45) is 0 Å². The molecule has 1 aromatic heterocycles. The summed E-state index contributed by atoms with van der Waals surface area (Å²) in [6.07, 6.45) is 2.76. The second kappa shape index (κ2) is 6.28. The van der Waals surface area contributed by atoms with Crippen LogP contribution in [0.2, 0.25) is 0 Å². The fourth-order valence-corrected chi connectivity index (χ4v) is 3.17. The zero-order valence-electron chi connectivity index (χ0n) is 11.5. The van der Waals surface area contributed by atoms with Gasteiger partial charge in [0.25, 0.3) is 0 Å². The number of sulfonamides is 1. The van der Waals surface area contributed by atoms with Crippen molar-refractivity contribution in [1.29, 1.82) is 0 Å². The number of hydrogen-bond donors (Lipinski definition) is 2. The van der Waals surface area contributed by atoms with Gasteiger partial charge in [-0.25, -0.2) is 17.5 Å². The maximum Gasteiger partial charge on any atom is 0.240 e. The number of nitrogens with one attached hydrogen (secondary N) is 1. The highest BCUT2D eigenvalue weighted by atomic mass is 32.2. The zero-order valence-corrected chi connectivity index (χ0v) is 12.4. The number of benzene rings is 1. The van der Waals surface area contributed by atoms with E-state index in [-0.39, 0.29) is 16.6 Å².